The molecule has 2 nitrogen and oxygen atoms in total. The molecule has 4 rings (SSSR count). The number of rotatable bonds is 4. The summed E-state index contributed by atoms with van der Waals surface area (Å²) in [5, 5.41) is 0.347. The molecule has 2 atom stereocenters. The van der Waals surface area contributed by atoms with Gasteiger partial charge in [-0.2, -0.15) is 0 Å². The maximum atomic E-state index is 14.3. The zero-order valence-electron chi connectivity index (χ0n) is 16.5. The molecule has 3 aromatic carbocycles. The predicted octanol–water partition coefficient (Wildman–Crippen LogP) is 7.61. The van der Waals surface area contributed by atoms with Gasteiger partial charge in [0.25, 0.3) is 0 Å². The molecule has 0 spiro atoms. The van der Waals surface area contributed by atoms with Crippen LogP contribution in [-0.4, -0.2) is 12.1 Å². The number of aliphatic imine (C=N–C) groups is 1. The summed E-state index contributed by atoms with van der Waals surface area (Å²) in [5.41, 5.74) is 3.62. The molecule has 0 bridgehead atoms. The maximum absolute atomic E-state index is 14.3. The van der Waals surface area contributed by atoms with E-state index in [9.17, 15) is 17.6 Å². The van der Waals surface area contributed by atoms with Crippen molar-refractivity contribution in [3.05, 3.63) is 88.7 Å². The Bertz CT molecular complexity index is 1090. The van der Waals surface area contributed by atoms with Crippen LogP contribution in [-0.2, 0) is 0 Å². The van der Waals surface area contributed by atoms with Gasteiger partial charge in [-0.05, 0) is 53.3 Å². The van der Waals surface area contributed by atoms with Gasteiger partial charge in [0.2, 0.25) is 0 Å². The summed E-state index contributed by atoms with van der Waals surface area (Å²) in [7, 11) is 0. The second-order valence-electron chi connectivity index (χ2n) is 7.49. The molecule has 3 aromatic rings. The van der Waals surface area contributed by atoms with E-state index in [-0.39, 0.29) is 23.5 Å². The topological polar surface area (TPSA) is 21.6 Å². The SMILES string of the molecule is CC1CC(c2c(F)cccc2Cl)=NC1c1ccc(-c2ccc(OC(F)(F)F)cc2)cc1. The van der Waals surface area contributed by atoms with E-state index in [1.807, 2.05) is 24.3 Å². The zero-order chi connectivity index (χ0) is 22.2. The Hall–Kier alpha value is -2.86. The Labute approximate surface area is 182 Å². The van der Waals surface area contributed by atoms with E-state index in [1.54, 1.807) is 24.3 Å². The minimum absolute atomic E-state index is 0.123. The summed E-state index contributed by atoms with van der Waals surface area (Å²) in [6.07, 6.45) is -4.10. The van der Waals surface area contributed by atoms with Crippen molar-refractivity contribution in [2.45, 2.75) is 25.7 Å². The van der Waals surface area contributed by atoms with Gasteiger partial charge in [-0.15, -0.1) is 13.2 Å². The summed E-state index contributed by atoms with van der Waals surface area (Å²) in [4.78, 5) is 4.75. The van der Waals surface area contributed by atoms with Crippen molar-refractivity contribution in [2.75, 3.05) is 0 Å². The average Bonchev–Trinajstić information content (AvgIpc) is 3.08. The van der Waals surface area contributed by atoms with Crippen molar-refractivity contribution in [1.82, 2.24) is 0 Å². The Morgan fingerprint density at radius 3 is 2.13 bits per heavy atom. The highest BCUT2D eigenvalue weighted by Crippen LogP contribution is 2.38. The van der Waals surface area contributed by atoms with Crippen LogP contribution < -0.4 is 4.74 Å². The minimum Gasteiger partial charge on any atom is -0.406 e. The highest BCUT2D eigenvalue weighted by atomic mass is 35.5. The highest BCUT2D eigenvalue weighted by molar-refractivity contribution is 6.34. The molecule has 0 saturated heterocycles. The molecule has 0 aromatic heterocycles. The molecular formula is C24H18ClF4NO. The summed E-state index contributed by atoms with van der Waals surface area (Å²) < 4.78 is 55.1. The van der Waals surface area contributed by atoms with E-state index < -0.39 is 6.36 Å². The van der Waals surface area contributed by atoms with Crippen LogP contribution in [0.25, 0.3) is 11.1 Å². The molecule has 31 heavy (non-hydrogen) atoms. The van der Waals surface area contributed by atoms with Gasteiger partial charge in [0.05, 0.1) is 11.1 Å². The number of hydrogen-bond donors (Lipinski definition) is 0. The summed E-state index contributed by atoms with van der Waals surface area (Å²) in [6.45, 7) is 2.06. The van der Waals surface area contributed by atoms with Gasteiger partial charge in [-0.1, -0.05) is 61.0 Å². The lowest BCUT2D eigenvalue weighted by Crippen LogP contribution is -2.16. The molecule has 1 aliphatic heterocycles. The standard InChI is InChI=1S/C24H18ClF4NO/c1-14-13-21(22-19(25)3-2-4-20(22)26)30-23(14)17-7-5-15(6-8-17)16-9-11-18(12-10-16)31-24(27,28)29/h2-12,14,23H,13H2,1H3. The fourth-order valence-electron chi connectivity index (χ4n) is 3.83. The first kappa shape index (κ1) is 21.4. The molecule has 1 aliphatic rings. The predicted molar refractivity (Wildman–Crippen MR) is 113 cm³/mol. The van der Waals surface area contributed by atoms with E-state index in [0.29, 0.717) is 22.7 Å². The molecule has 1 heterocycles. The number of alkyl halides is 3. The minimum atomic E-state index is -4.71. The number of ether oxygens (including phenoxy) is 1. The Morgan fingerprint density at radius 2 is 1.55 bits per heavy atom. The molecule has 0 aliphatic carbocycles. The maximum Gasteiger partial charge on any atom is 0.573 e. The van der Waals surface area contributed by atoms with Crippen LogP contribution in [0, 0.1) is 11.7 Å². The molecule has 0 N–H and O–H groups in total. The fourth-order valence-corrected chi connectivity index (χ4v) is 4.10. The third-order valence-corrected chi connectivity index (χ3v) is 5.59. The first-order chi connectivity index (χ1) is 14.7. The molecule has 0 saturated carbocycles. The van der Waals surface area contributed by atoms with E-state index in [0.717, 1.165) is 16.7 Å². The van der Waals surface area contributed by atoms with Gasteiger partial charge in [-0.3, -0.25) is 4.99 Å². The van der Waals surface area contributed by atoms with E-state index in [2.05, 4.69) is 11.7 Å². The summed E-state index contributed by atoms with van der Waals surface area (Å²) >= 11 is 6.19. The van der Waals surface area contributed by atoms with E-state index in [4.69, 9.17) is 16.6 Å². The smallest absolute Gasteiger partial charge is 0.406 e. The molecule has 0 radical (unpaired) electrons. The van der Waals surface area contributed by atoms with Crippen molar-refractivity contribution >= 4 is 17.3 Å². The zero-order valence-corrected chi connectivity index (χ0v) is 17.2. The van der Waals surface area contributed by atoms with Crippen LogP contribution in [0.1, 0.15) is 30.5 Å². The largest absolute Gasteiger partial charge is 0.573 e. The van der Waals surface area contributed by atoms with Crippen molar-refractivity contribution in [2.24, 2.45) is 10.9 Å². The average molecular weight is 448 g/mol. The molecule has 7 heteroatoms. The molecule has 0 amide bonds. The normalized spacial score (nSPS) is 18.7. The highest BCUT2D eigenvalue weighted by Gasteiger charge is 2.31. The van der Waals surface area contributed by atoms with Crippen molar-refractivity contribution in [3.8, 4) is 16.9 Å². The summed E-state index contributed by atoms with van der Waals surface area (Å²) in [6, 6.07) is 17.8. The first-order valence-electron chi connectivity index (χ1n) is 9.68. The quantitative estimate of drug-likeness (QED) is 0.377. The second kappa shape index (κ2) is 8.35. The van der Waals surface area contributed by atoms with Gasteiger partial charge >= 0.3 is 6.36 Å². The third kappa shape index (κ3) is 4.74. The van der Waals surface area contributed by atoms with Gasteiger partial charge in [0.15, 0.2) is 0 Å². The summed E-state index contributed by atoms with van der Waals surface area (Å²) in [5.74, 6) is -0.468. The van der Waals surface area contributed by atoms with Crippen LogP contribution >= 0.6 is 11.6 Å². The lowest BCUT2D eigenvalue weighted by atomic mass is 9.92. The van der Waals surface area contributed by atoms with E-state index >= 15 is 0 Å². The van der Waals surface area contributed by atoms with Crippen LogP contribution in [0.2, 0.25) is 5.02 Å². The Balaban J connectivity index is 1.55. The van der Waals surface area contributed by atoms with Gasteiger partial charge in [-0.25, -0.2) is 4.39 Å². The Morgan fingerprint density at radius 1 is 0.935 bits per heavy atom. The number of hydrogen-bond acceptors (Lipinski definition) is 2. The van der Waals surface area contributed by atoms with Gasteiger partial charge in [0, 0.05) is 11.3 Å². The third-order valence-electron chi connectivity index (χ3n) is 5.27. The molecular weight excluding hydrogens is 430 g/mol. The lowest BCUT2D eigenvalue weighted by Gasteiger charge is -2.14. The number of halogens is 5. The Kier molecular flexibility index (Phi) is 5.75. The number of benzene rings is 3. The van der Waals surface area contributed by atoms with Crippen LogP contribution in [0.4, 0.5) is 17.6 Å². The van der Waals surface area contributed by atoms with Crippen molar-refractivity contribution < 1.29 is 22.3 Å². The van der Waals surface area contributed by atoms with Gasteiger partial charge < -0.3 is 4.74 Å². The fraction of sp³-hybridized carbons (Fsp3) is 0.208. The second-order valence-corrected chi connectivity index (χ2v) is 7.90. The van der Waals surface area contributed by atoms with Crippen LogP contribution in [0.15, 0.2) is 71.7 Å². The van der Waals surface area contributed by atoms with Gasteiger partial charge in [0.1, 0.15) is 11.6 Å². The first-order valence-corrected chi connectivity index (χ1v) is 10.1. The number of nitrogens with zero attached hydrogens (tertiary/aromatic N) is 1. The molecule has 2 unspecified atom stereocenters. The molecule has 160 valence electrons. The van der Waals surface area contributed by atoms with Crippen LogP contribution in [0.5, 0.6) is 5.75 Å². The molecule has 0 fully saturated rings. The monoisotopic (exact) mass is 447 g/mol. The van der Waals surface area contributed by atoms with E-state index in [1.165, 1.54) is 18.2 Å². The van der Waals surface area contributed by atoms with Crippen LogP contribution in [0.3, 0.4) is 0 Å². The van der Waals surface area contributed by atoms with Crippen molar-refractivity contribution in [3.63, 3.8) is 0 Å². The van der Waals surface area contributed by atoms with Crippen molar-refractivity contribution in [1.29, 1.82) is 0 Å². The lowest BCUT2D eigenvalue weighted by molar-refractivity contribution is -0.274.